The second-order valence-electron chi connectivity index (χ2n) is 6.46. The number of likely N-dealkylation sites (tertiary alicyclic amines) is 1. The van der Waals surface area contributed by atoms with Crippen molar-refractivity contribution in [2.75, 3.05) is 18.4 Å². The van der Waals surface area contributed by atoms with Crippen molar-refractivity contribution in [2.45, 2.75) is 51.0 Å². The molecule has 23 heavy (non-hydrogen) atoms. The first-order valence-corrected chi connectivity index (χ1v) is 8.57. The normalized spacial score (nSPS) is 21.0. The van der Waals surface area contributed by atoms with Crippen molar-refractivity contribution in [1.29, 1.82) is 0 Å². The van der Waals surface area contributed by atoms with Crippen LogP contribution in [0.1, 0.15) is 44.9 Å². The van der Waals surface area contributed by atoms with Crippen LogP contribution in [0.2, 0.25) is 0 Å². The number of carbonyl (C=O) groups is 2. The average Bonchev–Trinajstić information content (AvgIpc) is 3.13. The molecule has 1 saturated heterocycles. The molecular formula is C16H25N5O2. The quantitative estimate of drug-likeness (QED) is 0.701. The third kappa shape index (κ3) is 4.03. The van der Waals surface area contributed by atoms with Crippen LogP contribution in [-0.4, -0.2) is 46.2 Å². The third-order valence-electron chi connectivity index (χ3n) is 4.89. The van der Waals surface area contributed by atoms with Gasteiger partial charge in [-0.05, 0) is 38.0 Å². The molecule has 1 aliphatic carbocycles. The molecule has 1 unspecified atom stereocenters. The van der Waals surface area contributed by atoms with Crippen molar-refractivity contribution in [2.24, 2.45) is 5.92 Å². The van der Waals surface area contributed by atoms with Crippen LogP contribution >= 0.6 is 0 Å². The molecule has 7 nitrogen and oxygen atoms in total. The molecule has 3 amide bonds. The molecule has 0 aromatic carbocycles. The minimum Gasteiger partial charge on any atom is -0.338 e. The van der Waals surface area contributed by atoms with E-state index in [4.69, 9.17) is 0 Å². The van der Waals surface area contributed by atoms with Crippen LogP contribution in [-0.2, 0) is 4.79 Å². The van der Waals surface area contributed by atoms with E-state index >= 15 is 0 Å². The highest BCUT2D eigenvalue weighted by molar-refractivity contribution is 5.90. The van der Waals surface area contributed by atoms with Crippen LogP contribution in [0.5, 0.6) is 0 Å². The van der Waals surface area contributed by atoms with Crippen LogP contribution in [0.15, 0.2) is 12.4 Å². The molecule has 1 aromatic heterocycles. The maximum atomic E-state index is 12.3. The topological polar surface area (TPSA) is 90.1 Å². The number of amides is 3. The second kappa shape index (κ2) is 7.48. The molecule has 2 fully saturated rings. The maximum absolute atomic E-state index is 12.3. The summed E-state index contributed by atoms with van der Waals surface area (Å²) < 4.78 is 0. The Hall–Kier alpha value is -2.05. The fourth-order valence-corrected chi connectivity index (χ4v) is 3.45. The van der Waals surface area contributed by atoms with Gasteiger partial charge in [-0.15, -0.1) is 0 Å². The number of carbonyl (C=O) groups excluding carboxylic acids is 2. The zero-order valence-electron chi connectivity index (χ0n) is 13.4. The van der Waals surface area contributed by atoms with Gasteiger partial charge in [-0.2, -0.15) is 5.10 Å². The fraction of sp³-hybridized carbons (Fsp3) is 0.688. The van der Waals surface area contributed by atoms with Gasteiger partial charge in [-0.3, -0.25) is 9.89 Å². The van der Waals surface area contributed by atoms with E-state index in [9.17, 15) is 9.59 Å². The molecule has 126 valence electrons. The number of hydrogen-bond acceptors (Lipinski definition) is 3. The van der Waals surface area contributed by atoms with Gasteiger partial charge in [-0.1, -0.05) is 6.42 Å². The summed E-state index contributed by atoms with van der Waals surface area (Å²) in [6, 6.07) is 0.475. The summed E-state index contributed by atoms with van der Waals surface area (Å²) in [7, 11) is 0. The summed E-state index contributed by atoms with van der Waals surface area (Å²) in [4.78, 5) is 26.0. The summed E-state index contributed by atoms with van der Waals surface area (Å²) >= 11 is 0. The highest BCUT2D eigenvalue weighted by Gasteiger charge is 2.37. The summed E-state index contributed by atoms with van der Waals surface area (Å²) in [6.45, 7) is 1.40. The predicted molar refractivity (Wildman–Crippen MR) is 86.9 cm³/mol. The van der Waals surface area contributed by atoms with E-state index in [0.29, 0.717) is 37.0 Å². The molecule has 2 aliphatic rings. The molecule has 0 spiro atoms. The molecule has 1 aromatic rings. The van der Waals surface area contributed by atoms with Crippen molar-refractivity contribution < 1.29 is 9.59 Å². The molecule has 3 N–H and O–H groups in total. The van der Waals surface area contributed by atoms with Crippen molar-refractivity contribution in [3.05, 3.63) is 12.4 Å². The molecule has 1 atom stereocenters. The molecule has 7 heteroatoms. The number of nitrogens with one attached hydrogen (secondary N) is 3. The molecule has 1 saturated carbocycles. The van der Waals surface area contributed by atoms with Gasteiger partial charge in [0.1, 0.15) is 0 Å². The monoisotopic (exact) mass is 319 g/mol. The molecule has 0 bridgehead atoms. The first kappa shape index (κ1) is 15.8. The lowest BCUT2D eigenvalue weighted by atomic mass is 9.79. The van der Waals surface area contributed by atoms with E-state index in [0.717, 1.165) is 19.4 Å². The number of rotatable bonds is 6. The SMILES string of the molecule is O=C(CCCNC(=O)N1CCCC1C1CCC1)Nc1cn[nH]c1. The van der Waals surface area contributed by atoms with Gasteiger partial charge >= 0.3 is 6.03 Å². The zero-order chi connectivity index (χ0) is 16.1. The highest BCUT2D eigenvalue weighted by Crippen LogP contribution is 2.37. The highest BCUT2D eigenvalue weighted by atomic mass is 16.2. The van der Waals surface area contributed by atoms with Gasteiger partial charge in [0.25, 0.3) is 0 Å². The molecule has 3 rings (SSSR count). The van der Waals surface area contributed by atoms with Crippen molar-refractivity contribution in [3.63, 3.8) is 0 Å². The Morgan fingerprint density at radius 3 is 2.87 bits per heavy atom. The summed E-state index contributed by atoms with van der Waals surface area (Å²) in [6.07, 6.45) is 10.3. The van der Waals surface area contributed by atoms with Gasteiger partial charge in [0.05, 0.1) is 11.9 Å². The Balaban J connectivity index is 1.33. The Morgan fingerprint density at radius 2 is 2.17 bits per heavy atom. The molecule has 0 radical (unpaired) electrons. The van der Waals surface area contributed by atoms with Crippen molar-refractivity contribution in [3.8, 4) is 0 Å². The molecule has 1 aliphatic heterocycles. The predicted octanol–water partition coefficient (Wildman–Crippen LogP) is 2.10. The number of aromatic nitrogens is 2. The summed E-state index contributed by atoms with van der Waals surface area (Å²) in [5, 5.41) is 12.1. The van der Waals surface area contributed by atoms with Crippen molar-refractivity contribution >= 4 is 17.6 Å². The van der Waals surface area contributed by atoms with E-state index < -0.39 is 0 Å². The van der Waals surface area contributed by atoms with Crippen molar-refractivity contribution in [1.82, 2.24) is 20.4 Å². The lowest BCUT2D eigenvalue weighted by Gasteiger charge is -2.36. The lowest BCUT2D eigenvalue weighted by molar-refractivity contribution is -0.116. The lowest BCUT2D eigenvalue weighted by Crippen LogP contribution is -2.47. The second-order valence-corrected chi connectivity index (χ2v) is 6.46. The van der Waals surface area contributed by atoms with E-state index in [1.165, 1.54) is 19.3 Å². The van der Waals surface area contributed by atoms with E-state index in [1.807, 2.05) is 4.90 Å². The Labute approximate surface area is 136 Å². The van der Waals surface area contributed by atoms with Crippen LogP contribution in [0.25, 0.3) is 0 Å². The average molecular weight is 319 g/mol. The number of hydrogen-bond donors (Lipinski definition) is 3. The Bertz CT molecular complexity index is 527. The third-order valence-corrected chi connectivity index (χ3v) is 4.89. The number of nitrogens with zero attached hydrogens (tertiary/aromatic N) is 2. The van der Waals surface area contributed by atoms with E-state index in [-0.39, 0.29) is 11.9 Å². The Morgan fingerprint density at radius 1 is 1.30 bits per heavy atom. The first-order valence-electron chi connectivity index (χ1n) is 8.57. The maximum Gasteiger partial charge on any atom is 0.317 e. The molecule has 2 heterocycles. The van der Waals surface area contributed by atoms with Crippen LogP contribution in [0.4, 0.5) is 10.5 Å². The minimum atomic E-state index is -0.0610. The summed E-state index contributed by atoms with van der Waals surface area (Å²) in [5.74, 6) is 0.651. The summed E-state index contributed by atoms with van der Waals surface area (Å²) in [5.41, 5.74) is 0.666. The van der Waals surface area contributed by atoms with Gasteiger partial charge in [0.2, 0.25) is 5.91 Å². The number of anilines is 1. The number of H-pyrrole nitrogens is 1. The van der Waals surface area contributed by atoms with Gasteiger partial charge < -0.3 is 15.5 Å². The largest absolute Gasteiger partial charge is 0.338 e. The standard InChI is InChI=1S/C16H25N5O2/c22-15(20-13-10-18-19-11-13)7-2-8-17-16(23)21-9-3-6-14(21)12-4-1-5-12/h10-12,14H,1-9H2,(H,17,23)(H,18,19)(H,20,22). The number of urea groups is 1. The van der Waals surface area contributed by atoms with E-state index in [2.05, 4.69) is 20.8 Å². The van der Waals surface area contributed by atoms with Crippen LogP contribution in [0, 0.1) is 5.92 Å². The molecular weight excluding hydrogens is 294 g/mol. The van der Waals surface area contributed by atoms with Crippen LogP contribution < -0.4 is 10.6 Å². The van der Waals surface area contributed by atoms with Crippen LogP contribution in [0.3, 0.4) is 0 Å². The van der Waals surface area contributed by atoms with Gasteiger partial charge in [-0.25, -0.2) is 4.79 Å². The van der Waals surface area contributed by atoms with E-state index in [1.54, 1.807) is 12.4 Å². The smallest absolute Gasteiger partial charge is 0.317 e. The first-order chi connectivity index (χ1) is 11.2. The minimum absolute atomic E-state index is 0.0367. The number of aromatic amines is 1. The fourth-order valence-electron chi connectivity index (χ4n) is 3.45. The Kier molecular flexibility index (Phi) is 5.15. The van der Waals surface area contributed by atoms with Gasteiger partial charge in [0, 0.05) is 31.7 Å². The zero-order valence-corrected chi connectivity index (χ0v) is 13.4. The van der Waals surface area contributed by atoms with Gasteiger partial charge in [0.15, 0.2) is 0 Å².